The predicted octanol–water partition coefficient (Wildman–Crippen LogP) is 2.89. The zero-order valence-electron chi connectivity index (χ0n) is 10.0. The quantitative estimate of drug-likeness (QED) is 0.697. The molecule has 0 fully saturated rings. The molecular weight excluding hydrogens is 292 g/mol. The van der Waals surface area contributed by atoms with Crippen molar-refractivity contribution in [2.75, 3.05) is 5.32 Å². The number of nitro groups is 1. The Labute approximate surface area is 115 Å². The highest BCUT2D eigenvalue weighted by Crippen LogP contribution is 2.24. The Balaban J connectivity index is 2.38. The van der Waals surface area contributed by atoms with E-state index in [0.717, 1.165) is 11.3 Å². The summed E-state index contributed by atoms with van der Waals surface area (Å²) < 4.78 is 27.3. The van der Waals surface area contributed by atoms with E-state index in [2.05, 4.69) is 10.3 Å². The molecule has 20 heavy (non-hydrogen) atoms. The van der Waals surface area contributed by atoms with Crippen molar-refractivity contribution in [3.63, 3.8) is 0 Å². The number of hydrogen-bond acceptors (Lipinski definition) is 5. The number of nitrogens with one attached hydrogen (secondary N) is 1. The summed E-state index contributed by atoms with van der Waals surface area (Å²) in [4.78, 5) is 25.2. The molecule has 1 N–H and O–H groups in total. The van der Waals surface area contributed by atoms with Gasteiger partial charge in [-0.2, -0.15) is 4.39 Å². The molecule has 0 unspecified atom stereocenters. The fourth-order valence-electron chi connectivity index (χ4n) is 1.46. The van der Waals surface area contributed by atoms with E-state index in [0.29, 0.717) is 17.8 Å². The number of carbonyl (C=O) groups is 1. The van der Waals surface area contributed by atoms with Gasteiger partial charge in [0.2, 0.25) is 5.82 Å². The van der Waals surface area contributed by atoms with Crippen molar-refractivity contribution in [1.29, 1.82) is 0 Å². The van der Waals surface area contributed by atoms with Gasteiger partial charge in [-0.15, -0.1) is 11.3 Å². The van der Waals surface area contributed by atoms with Crippen LogP contribution in [0.1, 0.15) is 16.1 Å². The van der Waals surface area contributed by atoms with Crippen molar-refractivity contribution in [3.8, 4) is 0 Å². The highest BCUT2D eigenvalue weighted by atomic mass is 32.1. The molecule has 0 saturated carbocycles. The third kappa shape index (κ3) is 2.62. The molecular formula is C11H7F2N3O3S. The van der Waals surface area contributed by atoms with Gasteiger partial charge in [0.05, 0.1) is 10.6 Å². The number of anilines is 1. The SMILES string of the molecule is Cc1csc(NC(=O)c2c(F)ccc([N+](=O)[O-])c2F)n1. The summed E-state index contributed by atoms with van der Waals surface area (Å²) in [6.45, 7) is 1.68. The summed E-state index contributed by atoms with van der Waals surface area (Å²) in [5.74, 6) is -3.82. The molecule has 0 aliphatic rings. The lowest BCUT2D eigenvalue weighted by Crippen LogP contribution is -2.16. The molecule has 9 heteroatoms. The van der Waals surface area contributed by atoms with Crippen LogP contribution in [0.4, 0.5) is 19.6 Å². The van der Waals surface area contributed by atoms with Crippen LogP contribution in [0.2, 0.25) is 0 Å². The Bertz CT molecular complexity index is 702. The minimum Gasteiger partial charge on any atom is -0.298 e. The van der Waals surface area contributed by atoms with Crippen LogP contribution in [-0.2, 0) is 0 Å². The first-order chi connectivity index (χ1) is 9.40. The first-order valence-corrected chi connectivity index (χ1v) is 6.14. The summed E-state index contributed by atoms with van der Waals surface area (Å²) >= 11 is 1.07. The largest absolute Gasteiger partial charge is 0.305 e. The number of benzene rings is 1. The van der Waals surface area contributed by atoms with Crippen molar-refractivity contribution in [1.82, 2.24) is 4.98 Å². The Kier molecular flexibility index (Phi) is 3.70. The number of rotatable bonds is 3. The average molecular weight is 299 g/mol. The van der Waals surface area contributed by atoms with Gasteiger partial charge in [-0.05, 0) is 13.0 Å². The smallest absolute Gasteiger partial charge is 0.298 e. The molecule has 1 aromatic heterocycles. The van der Waals surface area contributed by atoms with Crippen LogP contribution < -0.4 is 5.32 Å². The van der Waals surface area contributed by atoms with E-state index >= 15 is 0 Å². The number of nitro benzene ring substituents is 1. The molecule has 0 bridgehead atoms. The van der Waals surface area contributed by atoms with Gasteiger partial charge in [0.1, 0.15) is 11.4 Å². The Hall–Kier alpha value is -2.42. The Morgan fingerprint density at radius 1 is 1.45 bits per heavy atom. The van der Waals surface area contributed by atoms with Gasteiger partial charge in [0.15, 0.2) is 5.13 Å². The molecule has 1 amide bonds. The molecule has 0 saturated heterocycles. The second-order valence-corrected chi connectivity index (χ2v) is 4.62. The van der Waals surface area contributed by atoms with E-state index in [1.165, 1.54) is 0 Å². The van der Waals surface area contributed by atoms with Crippen LogP contribution >= 0.6 is 11.3 Å². The molecule has 0 spiro atoms. The van der Waals surface area contributed by atoms with Crippen molar-refractivity contribution in [2.45, 2.75) is 6.92 Å². The monoisotopic (exact) mass is 299 g/mol. The first kappa shape index (κ1) is 14.0. The zero-order valence-corrected chi connectivity index (χ0v) is 10.8. The molecule has 1 heterocycles. The third-order valence-corrected chi connectivity index (χ3v) is 3.21. The summed E-state index contributed by atoms with van der Waals surface area (Å²) in [6.07, 6.45) is 0. The minimum atomic E-state index is -1.51. The fourth-order valence-corrected chi connectivity index (χ4v) is 2.14. The summed E-state index contributed by atoms with van der Waals surface area (Å²) in [6, 6.07) is 1.33. The van der Waals surface area contributed by atoms with Gasteiger partial charge in [-0.3, -0.25) is 20.2 Å². The number of hydrogen-bond donors (Lipinski definition) is 1. The molecule has 0 radical (unpaired) electrons. The maximum absolute atomic E-state index is 13.8. The molecule has 2 rings (SSSR count). The molecule has 0 atom stereocenters. The van der Waals surface area contributed by atoms with Crippen LogP contribution in [0, 0.1) is 28.7 Å². The summed E-state index contributed by atoms with van der Waals surface area (Å²) in [5, 5.41) is 14.5. The lowest BCUT2D eigenvalue weighted by Gasteiger charge is -2.04. The third-order valence-electron chi connectivity index (χ3n) is 2.33. The maximum Gasteiger partial charge on any atom is 0.305 e. The van der Waals surface area contributed by atoms with Crippen molar-refractivity contribution in [2.24, 2.45) is 0 Å². The van der Waals surface area contributed by atoms with E-state index in [1.807, 2.05) is 0 Å². The van der Waals surface area contributed by atoms with E-state index in [1.54, 1.807) is 12.3 Å². The average Bonchev–Trinajstić information content (AvgIpc) is 2.74. The van der Waals surface area contributed by atoms with Crippen molar-refractivity contribution in [3.05, 3.63) is 50.5 Å². The van der Waals surface area contributed by atoms with Crippen LogP contribution in [0.3, 0.4) is 0 Å². The number of carbonyl (C=O) groups excluding carboxylic acids is 1. The normalized spacial score (nSPS) is 10.3. The van der Waals surface area contributed by atoms with Crippen molar-refractivity contribution < 1.29 is 18.5 Å². The van der Waals surface area contributed by atoms with Crippen molar-refractivity contribution >= 4 is 28.1 Å². The van der Waals surface area contributed by atoms with Crippen LogP contribution in [0.25, 0.3) is 0 Å². The van der Waals surface area contributed by atoms with Gasteiger partial charge in [0.25, 0.3) is 5.91 Å². The molecule has 6 nitrogen and oxygen atoms in total. The molecule has 1 aromatic carbocycles. The Morgan fingerprint density at radius 3 is 2.70 bits per heavy atom. The second kappa shape index (κ2) is 5.29. The van der Waals surface area contributed by atoms with Gasteiger partial charge in [0, 0.05) is 11.4 Å². The lowest BCUT2D eigenvalue weighted by atomic mass is 10.1. The van der Waals surface area contributed by atoms with Gasteiger partial charge < -0.3 is 0 Å². The van der Waals surface area contributed by atoms with Crippen LogP contribution in [0.15, 0.2) is 17.5 Å². The minimum absolute atomic E-state index is 0.151. The van der Waals surface area contributed by atoms with E-state index < -0.39 is 33.7 Å². The maximum atomic E-state index is 13.8. The Morgan fingerprint density at radius 2 is 2.15 bits per heavy atom. The zero-order chi connectivity index (χ0) is 14.9. The van der Waals surface area contributed by atoms with Crippen LogP contribution in [-0.4, -0.2) is 15.8 Å². The first-order valence-electron chi connectivity index (χ1n) is 5.26. The highest BCUT2D eigenvalue weighted by Gasteiger charge is 2.26. The number of halogens is 2. The van der Waals surface area contributed by atoms with Crippen LogP contribution in [0.5, 0.6) is 0 Å². The molecule has 2 aromatic rings. The highest BCUT2D eigenvalue weighted by molar-refractivity contribution is 7.13. The number of nitrogens with zero attached hydrogens (tertiary/aromatic N) is 2. The molecule has 0 aliphatic heterocycles. The fraction of sp³-hybridized carbons (Fsp3) is 0.0909. The second-order valence-electron chi connectivity index (χ2n) is 3.76. The van der Waals surface area contributed by atoms with E-state index in [4.69, 9.17) is 0 Å². The van der Waals surface area contributed by atoms with E-state index in [9.17, 15) is 23.7 Å². The number of aromatic nitrogens is 1. The number of thiazole rings is 1. The number of aryl methyl sites for hydroxylation is 1. The van der Waals surface area contributed by atoms with Gasteiger partial charge in [-0.25, -0.2) is 9.37 Å². The predicted molar refractivity (Wildman–Crippen MR) is 67.8 cm³/mol. The topological polar surface area (TPSA) is 85.1 Å². The molecule has 104 valence electrons. The standard InChI is InChI=1S/C11H7F2N3O3S/c1-5-4-20-11(14-5)15-10(17)8-6(12)2-3-7(9(8)13)16(18)19/h2-4H,1H3,(H,14,15,17). The van der Waals surface area contributed by atoms with Gasteiger partial charge >= 0.3 is 5.69 Å². The molecule has 0 aliphatic carbocycles. The number of amides is 1. The lowest BCUT2D eigenvalue weighted by molar-refractivity contribution is -0.387. The van der Waals surface area contributed by atoms with Gasteiger partial charge in [-0.1, -0.05) is 0 Å². The summed E-state index contributed by atoms with van der Waals surface area (Å²) in [7, 11) is 0. The van der Waals surface area contributed by atoms with E-state index in [-0.39, 0.29) is 5.13 Å². The summed E-state index contributed by atoms with van der Waals surface area (Å²) in [5.41, 5.74) is -1.34.